The average molecular weight is 465 g/mol. The van der Waals surface area contributed by atoms with Gasteiger partial charge in [-0.2, -0.15) is 18.3 Å². The molecule has 8 nitrogen and oxygen atoms in total. The molecule has 1 atom stereocenters. The van der Waals surface area contributed by atoms with Crippen molar-refractivity contribution in [2.45, 2.75) is 63.8 Å². The van der Waals surface area contributed by atoms with Crippen molar-refractivity contribution in [3.05, 3.63) is 51.7 Å². The number of nitrogens with zero attached hydrogens (tertiary/aromatic N) is 4. The van der Waals surface area contributed by atoms with Gasteiger partial charge in [-0.05, 0) is 37.0 Å². The highest BCUT2D eigenvalue weighted by Crippen LogP contribution is 2.31. The number of aromatic nitrogens is 3. The largest absolute Gasteiger partial charge is 0.416 e. The summed E-state index contributed by atoms with van der Waals surface area (Å²) in [7, 11) is 0. The number of hydrogen-bond acceptors (Lipinski definition) is 4. The number of fused-ring (bicyclic) bond motifs is 1. The molecular weight excluding hydrogens is 439 g/mol. The van der Waals surface area contributed by atoms with Crippen molar-refractivity contribution in [2.24, 2.45) is 0 Å². The fraction of sp³-hybridized carbons (Fsp3) is 0.545. The minimum atomic E-state index is -4.53. The first-order chi connectivity index (χ1) is 15.7. The van der Waals surface area contributed by atoms with Gasteiger partial charge in [-0.1, -0.05) is 18.6 Å². The number of halogens is 3. The maximum atomic E-state index is 13.2. The van der Waals surface area contributed by atoms with Crippen LogP contribution >= 0.6 is 0 Å². The summed E-state index contributed by atoms with van der Waals surface area (Å²) in [6, 6.07) is 3.86. The highest BCUT2D eigenvalue weighted by molar-refractivity contribution is 5.79. The topological polar surface area (TPSA) is 89.2 Å². The molecule has 4 rings (SSSR count). The number of benzene rings is 1. The zero-order chi connectivity index (χ0) is 23.6. The molecule has 2 aromatic rings. The Bertz CT molecular complexity index is 1090. The van der Waals surface area contributed by atoms with Crippen molar-refractivity contribution < 1.29 is 22.8 Å². The molecule has 0 saturated carbocycles. The van der Waals surface area contributed by atoms with Crippen LogP contribution < -0.4 is 11.0 Å². The molecule has 2 amide bonds. The van der Waals surface area contributed by atoms with Crippen LogP contribution in [0.2, 0.25) is 0 Å². The van der Waals surface area contributed by atoms with Gasteiger partial charge < -0.3 is 10.2 Å². The van der Waals surface area contributed by atoms with Gasteiger partial charge in [0.25, 0.3) is 0 Å². The van der Waals surface area contributed by atoms with E-state index in [2.05, 4.69) is 10.4 Å². The Morgan fingerprint density at radius 2 is 1.91 bits per heavy atom. The second-order valence-corrected chi connectivity index (χ2v) is 8.51. The van der Waals surface area contributed by atoms with Crippen molar-refractivity contribution in [1.82, 2.24) is 24.6 Å². The molecule has 2 aliphatic heterocycles. The number of amides is 2. The molecular formula is C22H26F3N5O3. The molecule has 1 unspecified atom stereocenters. The Balaban J connectivity index is 1.54. The lowest BCUT2D eigenvalue weighted by atomic mass is 10.0. The number of nitrogens with one attached hydrogen (secondary N) is 1. The summed E-state index contributed by atoms with van der Waals surface area (Å²) in [6.07, 6.45) is -0.0342. The maximum Gasteiger partial charge on any atom is 0.416 e. The minimum absolute atomic E-state index is 0.0560. The van der Waals surface area contributed by atoms with Crippen LogP contribution in [0.4, 0.5) is 13.2 Å². The van der Waals surface area contributed by atoms with E-state index >= 15 is 0 Å². The van der Waals surface area contributed by atoms with Crippen LogP contribution in [-0.4, -0.2) is 44.2 Å². The Labute approximate surface area is 188 Å². The molecule has 178 valence electrons. The number of aryl methyl sites for hydroxylation is 1. The zero-order valence-corrected chi connectivity index (χ0v) is 18.1. The van der Waals surface area contributed by atoms with Gasteiger partial charge in [0.05, 0.1) is 11.6 Å². The third-order valence-electron chi connectivity index (χ3n) is 6.10. The van der Waals surface area contributed by atoms with Crippen LogP contribution in [-0.2, 0) is 35.3 Å². The first-order valence-corrected chi connectivity index (χ1v) is 11.1. The van der Waals surface area contributed by atoms with Crippen LogP contribution in [0.1, 0.15) is 55.1 Å². The van der Waals surface area contributed by atoms with Crippen LogP contribution in [0.5, 0.6) is 0 Å². The van der Waals surface area contributed by atoms with Crippen molar-refractivity contribution in [3.63, 3.8) is 0 Å². The fourth-order valence-electron chi connectivity index (χ4n) is 4.39. The fourth-order valence-corrected chi connectivity index (χ4v) is 4.39. The van der Waals surface area contributed by atoms with E-state index in [0.717, 1.165) is 36.1 Å². The van der Waals surface area contributed by atoms with Crippen LogP contribution in [0.3, 0.4) is 0 Å². The van der Waals surface area contributed by atoms with E-state index in [0.29, 0.717) is 38.2 Å². The Kier molecular flexibility index (Phi) is 6.57. The van der Waals surface area contributed by atoms with Gasteiger partial charge in [-0.25, -0.2) is 9.48 Å². The summed E-state index contributed by atoms with van der Waals surface area (Å²) in [4.78, 5) is 39.1. The maximum absolute atomic E-state index is 13.2. The zero-order valence-electron chi connectivity index (χ0n) is 18.1. The highest BCUT2D eigenvalue weighted by atomic mass is 19.4. The molecule has 1 saturated heterocycles. The number of alkyl halides is 3. The van der Waals surface area contributed by atoms with Gasteiger partial charge in [0.1, 0.15) is 12.4 Å². The van der Waals surface area contributed by atoms with Crippen LogP contribution in [0, 0.1) is 0 Å². The van der Waals surface area contributed by atoms with E-state index in [1.807, 2.05) is 0 Å². The number of hydrogen-bond donors (Lipinski definition) is 1. The SMILES string of the molecule is O=C(Cn1nc2n(c1=O)CCCCC2)NC(CN1CCCC1=O)c1cccc(C(F)(F)F)c1. The second kappa shape index (κ2) is 9.40. The van der Waals surface area contributed by atoms with Crippen molar-refractivity contribution in [3.8, 4) is 0 Å². The monoisotopic (exact) mass is 465 g/mol. The van der Waals surface area contributed by atoms with Crippen molar-refractivity contribution >= 4 is 11.8 Å². The molecule has 0 radical (unpaired) electrons. The van der Waals surface area contributed by atoms with Gasteiger partial charge in [-0.3, -0.25) is 14.2 Å². The summed E-state index contributed by atoms with van der Waals surface area (Å²) in [5, 5.41) is 7.00. The number of likely N-dealkylation sites (tertiary alicyclic amines) is 1. The number of rotatable bonds is 6. The van der Waals surface area contributed by atoms with Crippen molar-refractivity contribution in [1.29, 1.82) is 0 Å². The molecule has 33 heavy (non-hydrogen) atoms. The normalized spacial score (nSPS) is 17.5. The molecule has 1 aromatic carbocycles. The molecule has 0 spiro atoms. The highest BCUT2D eigenvalue weighted by Gasteiger charge is 2.32. The van der Waals surface area contributed by atoms with E-state index < -0.39 is 23.7 Å². The van der Waals surface area contributed by atoms with Gasteiger partial charge in [0.15, 0.2) is 0 Å². The first kappa shape index (κ1) is 23.1. The van der Waals surface area contributed by atoms with Crippen LogP contribution in [0.15, 0.2) is 29.1 Å². The number of carbonyl (C=O) groups is 2. The third-order valence-corrected chi connectivity index (χ3v) is 6.10. The number of carbonyl (C=O) groups excluding carboxylic acids is 2. The Morgan fingerprint density at radius 1 is 1.09 bits per heavy atom. The summed E-state index contributed by atoms with van der Waals surface area (Å²) < 4.78 is 42.4. The molecule has 1 N–H and O–H groups in total. The Hall–Kier alpha value is -3.11. The predicted molar refractivity (Wildman–Crippen MR) is 112 cm³/mol. The van der Waals surface area contributed by atoms with E-state index in [4.69, 9.17) is 0 Å². The van der Waals surface area contributed by atoms with Crippen LogP contribution in [0.25, 0.3) is 0 Å². The van der Waals surface area contributed by atoms with E-state index in [1.54, 1.807) is 4.57 Å². The van der Waals surface area contributed by atoms with E-state index in [-0.39, 0.29) is 30.2 Å². The smallest absolute Gasteiger partial charge is 0.346 e. The standard InChI is InChI=1S/C22H26F3N5O3/c23-22(24,25)16-7-4-6-15(12-16)17(13-28-10-5-9-20(28)32)26-19(31)14-30-21(33)29-11-3-1-2-8-18(29)27-30/h4,6-7,12,17H,1-3,5,8-11,13-14H2,(H,26,31). The molecule has 2 aliphatic rings. The predicted octanol–water partition coefficient (Wildman–Crippen LogP) is 2.27. The lowest BCUT2D eigenvalue weighted by molar-refractivity contribution is -0.137. The Morgan fingerprint density at radius 3 is 2.64 bits per heavy atom. The third kappa shape index (κ3) is 5.28. The van der Waals surface area contributed by atoms with Gasteiger partial charge in [-0.15, -0.1) is 0 Å². The molecule has 0 aliphatic carbocycles. The van der Waals surface area contributed by atoms with E-state index in [1.165, 1.54) is 17.0 Å². The van der Waals surface area contributed by atoms with E-state index in [9.17, 15) is 27.6 Å². The molecule has 11 heteroatoms. The molecule has 1 fully saturated rings. The quantitative estimate of drug-likeness (QED) is 0.709. The van der Waals surface area contributed by atoms with Gasteiger partial charge in [0.2, 0.25) is 11.8 Å². The average Bonchev–Trinajstić information content (AvgIpc) is 3.19. The second-order valence-electron chi connectivity index (χ2n) is 8.51. The summed E-state index contributed by atoms with van der Waals surface area (Å²) in [6.45, 7) is 0.750. The summed E-state index contributed by atoms with van der Waals surface area (Å²) in [5.41, 5.74) is -0.959. The lowest BCUT2D eigenvalue weighted by Crippen LogP contribution is -2.41. The summed E-state index contributed by atoms with van der Waals surface area (Å²) in [5.74, 6) is -0.0166. The molecule has 0 bridgehead atoms. The van der Waals surface area contributed by atoms with Crippen molar-refractivity contribution in [2.75, 3.05) is 13.1 Å². The minimum Gasteiger partial charge on any atom is -0.346 e. The molecule has 3 heterocycles. The van der Waals surface area contributed by atoms with Gasteiger partial charge in [0, 0.05) is 32.5 Å². The van der Waals surface area contributed by atoms with Gasteiger partial charge >= 0.3 is 11.9 Å². The molecule has 1 aromatic heterocycles. The lowest BCUT2D eigenvalue weighted by Gasteiger charge is -2.25. The first-order valence-electron chi connectivity index (χ1n) is 11.1. The summed E-state index contributed by atoms with van der Waals surface area (Å²) >= 11 is 0.